The van der Waals surface area contributed by atoms with Crippen LogP contribution in [0, 0.1) is 5.92 Å². The quantitative estimate of drug-likeness (QED) is 0.345. The van der Waals surface area contributed by atoms with Crippen molar-refractivity contribution < 1.29 is 33.8 Å². The van der Waals surface area contributed by atoms with Crippen LogP contribution in [0.2, 0.25) is 0 Å². The fraction of sp³-hybridized carbons (Fsp3) is 0.676. The molecule has 5 rings (SSSR count). The molecule has 48 heavy (non-hydrogen) atoms. The molecule has 1 aromatic carbocycles. The molecule has 0 radical (unpaired) electrons. The number of tetrazole rings is 1. The zero-order valence-electron chi connectivity index (χ0n) is 28.4. The summed E-state index contributed by atoms with van der Waals surface area (Å²) in [6, 6.07) is 4.95. The van der Waals surface area contributed by atoms with Crippen LogP contribution < -0.4 is 15.4 Å². The van der Waals surface area contributed by atoms with Gasteiger partial charge in [0, 0.05) is 18.5 Å². The molecule has 262 valence electrons. The summed E-state index contributed by atoms with van der Waals surface area (Å²) >= 11 is 0. The van der Waals surface area contributed by atoms with Gasteiger partial charge in [-0.05, 0) is 81.9 Å². The molecule has 2 saturated heterocycles. The van der Waals surface area contributed by atoms with Gasteiger partial charge in [-0.15, -0.1) is 10.2 Å². The summed E-state index contributed by atoms with van der Waals surface area (Å²) in [4.78, 5) is 56.2. The Labute approximate surface area is 281 Å². The number of carbonyl (C=O) groups excluding carboxylic acids is 3. The minimum Gasteiger partial charge on any atom is -0.494 e. The van der Waals surface area contributed by atoms with E-state index in [9.17, 15) is 24.3 Å². The van der Waals surface area contributed by atoms with Crippen molar-refractivity contribution in [2.24, 2.45) is 5.92 Å². The number of aliphatic carboxylic acids is 1. The summed E-state index contributed by atoms with van der Waals surface area (Å²) in [6.07, 6.45) is 7.15. The van der Waals surface area contributed by atoms with E-state index >= 15 is 0 Å². The molecule has 0 bridgehead atoms. The van der Waals surface area contributed by atoms with Gasteiger partial charge in [0.05, 0.1) is 12.6 Å². The van der Waals surface area contributed by atoms with Crippen LogP contribution >= 0.6 is 0 Å². The van der Waals surface area contributed by atoms with Crippen molar-refractivity contribution in [2.45, 2.75) is 128 Å². The Morgan fingerprint density at radius 2 is 1.79 bits per heavy atom. The standard InChI is InChI=1S/C34H49N7O7/c1-5-6-18-47-25-16-14-22(15-17-25)28-37-39-41(38-28)24-19-27-29(42)36-34(31(44)45)20-23(34)12-10-8-7-9-11-13-26(30(43)40(27)21-24)35-32(46)48-33(2,3)4/h14-17,23-24,26-27H,5-13,18-21H2,1-4H3,(H,35,46)(H,36,42)(H,44,45)/t23-,24+,26-,27+,34+/m1/s1. The predicted molar refractivity (Wildman–Crippen MR) is 175 cm³/mol. The molecule has 1 aromatic heterocycles. The van der Waals surface area contributed by atoms with Crippen LogP contribution in [0.4, 0.5) is 4.79 Å². The van der Waals surface area contributed by atoms with Crippen LogP contribution in [0.25, 0.3) is 11.4 Å². The molecule has 1 aliphatic carbocycles. The third-order valence-electron chi connectivity index (χ3n) is 9.37. The van der Waals surface area contributed by atoms with Gasteiger partial charge in [0.25, 0.3) is 0 Å². The highest BCUT2D eigenvalue weighted by atomic mass is 16.6. The number of carbonyl (C=O) groups is 4. The van der Waals surface area contributed by atoms with E-state index in [1.54, 1.807) is 20.8 Å². The molecular weight excluding hydrogens is 618 g/mol. The maximum Gasteiger partial charge on any atom is 0.408 e. The van der Waals surface area contributed by atoms with E-state index in [1.165, 1.54) is 9.70 Å². The van der Waals surface area contributed by atoms with Crippen LogP contribution in [0.3, 0.4) is 0 Å². The lowest BCUT2D eigenvalue weighted by Crippen LogP contribution is -2.56. The summed E-state index contributed by atoms with van der Waals surface area (Å²) in [6.45, 7) is 8.05. The average molecular weight is 668 g/mol. The van der Waals surface area contributed by atoms with Gasteiger partial charge in [-0.25, -0.2) is 9.59 Å². The topological polar surface area (TPSA) is 178 Å². The summed E-state index contributed by atoms with van der Waals surface area (Å²) in [5.74, 6) is -1.07. The van der Waals surface area contributed by atoms with Gasteiger partial charge in [0.15, 0.2) is 0 Å². The number of alkyl carbamates (subject to hydrolysis) is 1. The fourth-order valence-corrected chi connectivity index (χ4v) is 6.63. The number of hydrogen-bond donors (Lipinski definition) is 3. The van der Waals surface area contributed by atoms with E-state index in [1.807, 2.05) is 24.3 Å². The summed E-state index contributed by atoms with van der Waals surface area (Å²) in [5.41, 5.74) is -1.38. The second kappa shape index (κ2) is 14.9. The molecule has 3 heterocycles. The van der Waals surface area contributed by atoms with Crippen molar-refractivity contribution in [3.8, 4) is 17.1 Å². The number of nitrogens with zero attached hydrogens (tertiary/aromatic N) is 5. The van der Waals surface area contributed by atoms with Gasteiger partial charge in [0.1, 0.15) is 29.0 Å². The molecule has 3 N–H and O–H groups in total. The number of rotatable bonds is 8. The predicted octanol–water partition coefficient (Wildman–Crippen LogP) is 4.26. The average Bonchev–Trinajstić information content (AvgIpc) is 3.34. The second-order valence-corrected chi connectivity index (χ2v) is 14.3. The molecule has 14 heteroatoms. The van der Waals surface area contributed by atoms with Gasteiger partial charge < -0.3 is 30.1 Å². The van der Waals surface area contributed by atoms with Crippen LogP contribution in [-0.2, 0) is 19.1 Å². The molecule has 1 saturated carbocycles. The van der Waals surface area contributed by atoms with Crippen molar-refractivity contribution in [3.05, 3.63) is 24.3 Å². The lowest BCUT2D eigenvalue weighted by atomic mass is 10.0. The van der Waals surface area contributed by atoms with Gasteiger partial charge in [0.2, 0.25) is 17.6 Å². The molecule has 0 spiro atoms. The number of carboxylic acids is 1. The van der Waals surface area contributed by atoms with Crippen molar-refractivity contribution >= 4 is 23.9 Å². The van der Waals surface area contributed by atoms with Crippen molar-refractivity contribution in [1.29, 1.82) is 0 Å². The Bertz CT molecular complexity index is 1460. The third kappa shape index (κ3) is 8.43. The SMILES string of the molecule is CCCCOc1ccc(-c2nnn([C@H]3C[C@H]4C(=O)N[C@@]5(C(=O)O)C[C@H]5CCCCCCC[C@@H](NC(=O)OC(C)(C)C)C(=O)N4C3)n2)cc1. The van der Waals surface area contributed by atoms with Crippen LogP contribution in [0.1, 0.15) is 104 Å². The molecule has 3 aliphatic rings. The summed E-state index contributed by atoms with van der Waals surface area (Å²) in [5, 5.41) is 28.8. The number of ether oxygens (including phenoxy) is 2. The van der Waals surface area contributed by atoms with Gasteiger partial charge in [-0.3, -0.25) is 9.59 Å². The highest BCUT2D eigenvalue weighted by molar-refractivity contribution is 5.95. The van der Waals surface area contributed by atoms with Gasteiger partial charge in [-0.1, -0.05) is 45.4 Å². The Kier molecular flexibility index (Phi) is 10.9. The van der Waals surface area contributed by atoms with Gasteiger partial charge in [-0.2, -0.15) is 4.80 Å². The van der Waals surface area contributed by atoms with E-state index in [0.717, 1.165) is 49.8 Å². The summed E-state index contributed by atoms with van der Waals surface area (Å²) < 4.78 is 11.2. The Morgan fingerprint density at radius 1 is 1.08 bits per heavy atom. The Balaban J connectivity index is 1.39. The summed E-state index contributed by atoms with van der Waals surface area (Å²) in [7, 11) is 0. The number of hydrogen-bond acceptors (Lipinski definition) is 9. The first kappa shape index (κ1) is 35.1. The maximum absolute atomic E-state index is 14.2. The first-order chi connectivity index (χ1) is 22.9. The molecule has 14 nitrogen and oxygen atoms in total. The van der Waals surface area contributed by atoms with E-state index < -0.39 is 53.1 Å². The lowest BCUT2D eigenvalue weighted by Gasteiger charge is -2.30. The number of amides is 3. The molecule has 5 atom stereocenters. The number of benzene rings is 1. The van der Waals surface area contributed by atoms with Crippen molar-refractivity contribution in [2.75, 3.05) is 13.2 Å². The third-order valence-corrected chi connectivity index (χ3v) is 9.37. The van der Waals surface area contributed by atoms with Crippen LogP contribution in [0.15, 0.2) is 24.3 Å². The second-order valence-electron chi connectivity index (χ2n) is 14.3. The number of aromatic nitrogens is 4. The monoisotopic (exact) mass is 667 g/mol. The molecular formula is C34H49N7O7. The van der Waals surface area contributed by atoms with Crippen LogP contribution in [0.5, 0.6) is 5.75 Å². The molecule has 0 unspecified atom stereocenters. The smallest absolute Gasteiger partial charge is 0.408 e. The first-order valence-corrected chi connectivity index (χ1v) is 17.3. The fourth-order valence-electron chi connectivity index (χ4n) is 6.63. The van der Waals surface area contributed by atoms with Crippen molar-refractivity contribution in [3.63, 3.8) is 0 Å². The highest BCUT2D eigenvalue weighted by Crippen LogP contribution is 2.47. The normalized spacial score (nSPS) is 26.7. The van der Waals surface area contributed by atoms with E-state index in [2.05, 4.69) is 33.0 Å². The zero-order valence-corrected chi connectivity index (χ0v) is 28.4. The van der Waals surface area contributed by atoms with Crippen molar-refractivity contribution in [1.82, 2.24) is 35.7 Å². The van der Waals surface area contributed by atoms with E-state index in [0.29, 0.717) is 38.1 Å². The molecule has 3 amide bonds. The minimum atomic E-state index is -1.34. The largest absolute Gasteiger partial charge is 0.494 e. The van der Waals surface area contributed by atoms with E-state index in [4.69, 9.17) is 9.47 Å². The number of nitrogens with one attached hydrogen (secondary N) is 2. The Morgan fingerprint density at radius 3 is 2.48 bits per heavy atom. The molecule has 2 aromatic rings. The number of carboxylic acid groups (broad SMARTS) is 1. The number of unbranched alkanes of at least 4 members (excludes halogenated alkanes) is 1. The zero-order chi connectivity index (χ0) is 34.5. The molecule has 3 fully saturated rings. The first-order valence-electron chi connectivity index (χ1n) is 17.3. The lowest BCUT2D eigenvalue weighted by molar-refractivity contribution is -0.146. The number of fused-ring (bicyclic) bond motifs is 2. The van der Waals surface area contributed by atoms with Crippen LogP contribution in [-0.4, -0.2) is 90.5 Å². The molecule has 2 aliphatic heterocycles. The minimum absolute atomic E-state index is 0.0763. The van der Waals surface area contributed by atoms with Gasteiger partial charge >= 0.3 is 12.1 Å². The van der Waals surface area contributed by atoms with E-state index in [-0.39, 0.29) is 18.9 Å². The highest BCUT2D eigenvalue weighted by Gasteiger charge is 2.62. The maximum atomic E-state index is 14.2. The Hall–Kier alpha value is -4.23.